The molecule has 0 atom stereocenters. The van der Waals surface area contributed by atoms with Crippen LogP contribution in [0.1, 0.15) is 0 Å². The molecule has 0 unspecified atom stereocenters. The molecule has 0 aliphatic carbocycles. The van der Waals surface area contributed by atoms with E-state index >= 15 is 0 Å². The Bertz CT molecular complexity index is 116. The maximum atomic E-state index is 8.33. The van der Waals surface area contributed by atoms with E-state index in [-0.39, 0.29) is 93.8 Å². The van der Waals surface area contributed by atoms with Gasteiger partial charge >= 0.3 is 0 Å². The molecule has 100 valence electrons. The van der Waals surface area contributed by atoms with Gasteiger partial charge in [0, 0.05) is 93.8 Å². The number of carbonyl (C=O) groups excluding carboxylic acids is 3. The molecule has 0 aromatic carbocycles. The molecule has 0 amide bonds. The summed E-state index contributed by atoms with van der Waals surface area (Å²) in [5, 5.41) is 50.0. The number of hydrogen-bond acceptors (Lipinski definition) is 9. The van der Waals surface area contributed by atoms with Gasteiger partial charge in [-0.15, -0.1) is 0 Å². The van der Waals surface area contributed by atoms with Crippen LogP contribution in [0.2, 0.25) is 0 Å². The molecule has 0 rings (SSSR count). The molecule has 0 heterocycles. The van der Waals surface area contributed by atoms with Crippen LogP contribution in [0.5, 0.6) is 0 Å². The maximum Gasteiger partial charge on any atom is 0 e. The SMILES string of the molecule is O=C([O-])[O-].O=C([O-])[O-].O=C([O-])[O-].[Yb].[Yb]. The first-order valence-electron chi connectivity index (χ1n) is 1.84. The smallest absolute Gasteiger partial charge is 0 e. The van der Waals surface area contributed by atoms with Crippen LogP contribution in [-0.4, -0.2) is 18.5 Å². The van der Waals surface area contributed by atoms with Crippen LogP contribution in [0.25, 0.3) is 0 Å². The van der Waals surface area contributed by atoms with E-state index in [9.17, 15) is 0 Å². The first kappa shape index (κ1) is 29.4. The topological polar surface area (TPSA) is 190 Å². The second-order valence-corrected chi connectivity index (χ2v) is 0.750. The standard InChI is InChI=1S/3CH2O3.2Yb/c3*2-1(3)4;;/h3*(H2,2,3,4);;/p-6. The molecule has 11 heteroatoms. The van der Waals surface area contributed by atoms with E-state index in [1.807, 2.05) is 0 Å². The fraction of sp³-hybridized carbons (Fsp3) is 0. The summed E-state index contributed by atoms with van der Waals surface area (Å²) < 4.78 is 0. The molecule has 0 aliphatic rings. The van der Waals surface area contributed by atoms with Crippen LogP contribution in [0.4, 0.5) is 14.4 Å². The minimum Gasteiger partial charge on any atom is -0.652 e. The Hall–Kier alpha value is 0.849. The maximum absolute atomic E-state index is 8.33. The van der Waals surface area contributed by atoms with Crippen molar-refractivity contribution >= 4 is 18.5 Å². The van der Waals surface area contributed by atoms with Gasteiger partial charge in [0.2, 0.25) is 0 Å². The third-order valence-electron chi connectivity index (χ3n) is 0. The molecular weight excluding hydrogens is 526 g/mol. The molecule has 0 radical (unpaired) electrons. The van der Waals surface area contributed by atoms with Crippen LogP contribution >= 0.6 is 0 Å². The zero-order valence-corrected chi connectivity index (χ0v) is 9.14. The van der Waals surface area contributed by atoms with Crippen LogP contribution in [0.15, 0.2) is 0 Å². The molecule has 0 bridgehead atoms. The predicted octanol–water partition coefficient (Wildman–Crippen LogP) is -7.34. The summed E-state index contributed by atoms with van der Waals surface area (Å²) in [7, 11) is 0. The van der Waals surface area contributed by atoms with Gasteiger partial charge in [0.1, 0.15) is 0 Å². The summed E-state index contributed by atoms with van der Waals surface area (Å²) in [4.78, 5) is 25.0. The van der Waals surface area contributed by atoms with Gasteiger partial charge in [-0.1, -0.05) is 0 Å². The molecule has 0 fully saturated rings. The Labute approximate surface area is 154 Å². The predicted molar refractivity (Wildman–Crippen MR) is 16.2 cm³/mol. The Morgan fingerprint density at radius 3 is 0.500 bits per heavy atom. The number of hydrogen-bond donors (Lipinski definition) is 0. The van der Waals surface area contributed by atoms with E-state index in [0.29, 0.717) is 0 Å². The molecule has 14 heavy (non-hydrogen) atoms. The first-order valence-corrected chi connectivity index (χ1v) is 1.84. The number of carboxylic acid groups (broad SMARTS) is 6. The van der Waals surface area contributed by atoms with Crippen LogP contribution in [0, 0.1) is 93.8 Å². The summed E-state index contributed by atoms with van der Waals surface area (Å²) in [6.07, 6.45) is -7.00. The van der Waals surface area contributed by atoms with E-state index in [1.165, 1.54) is 0 Å². The summed E-state index contributed by atoms with van der Waals surface area (Å²) >= 11 is 0. The molecule has 0 N–H and O–H groups in total. The van der Waals surface area contributed by atoms with Crippen LogP contribution in [0.3, 0.4) is 0 Å². The monoisotopic (exact) mass is 528 g/mol. The normalized spacial score (nSPS) is 5.14. The molecule has 0 saturated heterocycles. The Morgan fingerprint density at radius 1 is 0.500 bits per heavy atom. The second kappa shape index (κ2) is 23.6. The van der Waals surface area contributed by atoms with Crippen molar-refractivity contribution in [2.45, 2.75) is 0 Å². The van der Waals surface area contributed by atoms with Gasteiger partial charge in [0.15, 0.2) is 0 Å². The summed E-state index contributed by atoms with van der Waals surface area (Å²) in [5.41, 5.74) is 0. The number of carbonyl (C=O) groups is 3. The van der Waals surface area contributed by atoms with Crippen molar-refractivity contribution in [3.63, 3.8) is 0 Å². The zero-order chi connectivity index (χ0) is 10.7. The van der Waals surface area contributed by atoms with Gasteiger partial charge in [0.05, 0.1) is 0 Å². The van der Waals surface area contributed by atoms with Crippen molar-refractivity contribution in [3.8, 4) is 0 Å². The Balaban J connectivity index is -0.0000000270. The average molecular weight is 526 g/mol. The summed E-state index contributed by atoms with van der Waals surface area (Å²) in [5.74, 6) is 0. The second-order valence-electron chi connectivity index (χ2n) is 0.750. The van der Waals surface area contributed by atoms with Gasteiger partial charge in [-0.05, 0) is 18.5 Å². The largest absolute Gasteiger partial charge is 0.652 e. The van der Waals surface area contributed by atoms with Gasteiger partial charge in [-0.2, -0.15) is 0 Å². The Morgan fingerprint density at radius 2 is 0.500 bits per heavy atom. The average Bonchev–Trinajstić information content (AvgIpc) is 1.54. The fourth-order valence-electron chi connectivity index (χ4n) is 0. The van der Waals surface area contributed by atoms with E-state index < -0.39 is 18.5 Å². The van der Waals surface area contributed by atoms with Gasteiger partial charge in [0.25, 0.3) is 0 Å². The van der Waals surface area contributed by atoms with Crippen molar-refractivity contribution in [1.82, 2.24) is 0 Å². The molecule has 0 spiro atoms. The molecular formula is C3O9Yb2-6. The minimum atomic E-state index is -2.33. The van der Waals surface area contributed by atoms with Crippen LogP contribution in [-0.2, 0) is 0 Å². The Kier molecular flexibility index (Phi) is 49.4. The van der Waals surface area contributed by atoms with E-state index in [1.54, 1.807) is 0 Å². The van der Waals surface area contributed by atoms with Crippen molar-refractivity contribution < 1.29 is 139 Å². The summed E-state index contributed by atoms with van der Waals surface area (Å²) in [6, 6.07) is 0. The summed E-state index contributed by atoms with van der Waals surface area (Å²) in [6.45, 7) is 0. The van der Waals surface area contributed by atoms with Gasteiger partial charge in [-0.3, -0.25) is 0 Å². The van der Waals surface area contributed by atoms with Gasteiger partial charge in [-0.25, -0.2) is 0 Å². The molecule has 0 aliphatic heterocycles. The zero-order valence-electron chi connectivity index (χ0n) is 5.71. The molecule has 0 saturated carbocycles. The fourth-order valence-corrected chi connectivity index (χ4v) is 0. The molecule has 9 nitrogen and oxygen atoms in total. The van der Waals surface area contributed by atoms with E-state index in [0.717, 1.165) is 0 Å². The number of rotatable bonds is 0. The van der Waals surface area contributed by atoms with Crippen molar-refractivity contribution in [2.75, 3.05) is 0 Å². The van der Waals surface area contributed by atoms with E-state index in [4.69, 9.17) is 45.0 Å². The van der Waals surface area contributed by atoms with Crippen LogP contribution < -0.4 is 30.6 Å². The molecule has 0 aromatic heterocycles. The van der Waals surface area contributed by atoms with E-state index in [2.05, 4.69) is 0 Å². The van der Waals surface area contributed by atoms with Crippen molar-refractivity contribution in [1.29, 1.82) is 0 Å². The van der Waals surface area contributed by atoms with Crippen molar-refractivity contribution in [3.05, 3.63) is 0 Å². The third kappa shape index (κ3) is 2500. The quantitative estimate of drug-likeness (QED) is 0.295. The minimum absolute atomic E-state index is 0. The molecule has 0 aromatic rings. The van der Waals surface area contributed by atoms with Gasteiger partial charge < -0.3 is 45.0 Å². The first-order chi connectivity index (χ1) is 5.20. The third-order valence-corrected chi connectivity index (χ3v) is 0. The van der Waals surface area contributed by atoms with Crippen molar-refractivity contribution in [2.24, 2.45) is 0 Å².